The van der Waals surface area contributed by atoms with Crippen LogP contribution in [-0.4, -0.2) is 12.1 Å². The Balaban J connectivity index is 2.85. The number of aryl methyl sites for hydroxylation is 1. The van der Waals surface area contributed by atoms with Crippen molar-refractivity contribution in [3.8, 4) is 5.88 Å². The summed E-state index contributed by atoms with van der Waals surface area (Å²) in [6, 6.07) is 0. The fourth-order valence-electron chi connectivity index (χ4n) is 0.768. The van der Waals surface area contributed by atoms with Crippen molar-refractivity contribution >= 4 is 0 Å². The fraction of sp³-hybridized carbons (Fsp3) is 0.500. The molecule has 9 heavy (non-hydrogen) atoms. The number of methoxy groups -OCH3 is 1. The van der Waals surface area contributed by atoms with Crippen LogP contribution in [0.5, 0.6) is 5.88 Å². The van der Waals surface area contributed by atoms with Crippen LogP contribution in [0.15, 0.2) is 12.5 Å². The SMILES string of the molecule is CC[n+]1c[nH]cc1OC. The third-order valence-electron chi connectivity index (χ3n) is 1.27. The minimum Gasteiger partial charge on any atom is -0.463 e. The molecule has 0 spiro atoms. The second-order valence-electron chi connectivity index (χ2n) is 1.77. The highest BCUT2D eigenvalue weighted by Crippen LogP contribution is 1.96. The van der Waals surface area contributed by atoms with E-state index in [1.54, 1.807) is 7.11 Å². The normalized spacial score (nSPS) is 9.56. The Labute approximate surface area is 54.3 Å². The van der Waals surface area contributed by atoms with Crippen LogP contribution >= 0.6 is 0 Å². The molecule has 1 aromatic heterocycles. The summed E-state index contributed by atoms with van der Waals surface area (Å²) >= 11 is 0. The number of H-pyrrole nitrogens is 1. The first-order valence-electron chi connectivity index (χ1n) is 2.98. The molecule has 0 aliphatic rings. The number of nitrogens with one attached hydrogen (secondary N) is 1. The Morgan fingerprint density at radius 1 is 1.78 bits per heavy atom. The summed E-state index contributed by atoms with van der Waals surface area (Å²) < 4.78 is 6.99. The van der Waals surface area contributed by atoms with Gasteiger partial charge in [0.2, 0.25) is 6.33 Å². The number of rotatable bonds is 2. The third-order valence-corrected chi connectivity index (χ3v) is 1.27. The van der Waals surface area contributed by atoms with E-state index in [0.717, 1.165) is 12.4 Å². The zero-order valence-corrected chi connectivity index (χ0v) is 5.72. The van der Waals surface area contributed by atoms with Gasteiger partial charge < -0.3 is 4.74 Å². The molecule has 0 aliphatic heterocycles. The van der Waals surface area contributed by atoms with E-state index in [-0.39, 0.29) is 0 Å². The minimum absolute atomic E-state index is 0.873. The molecule has 1 N–H and O–H groups in total. The van der Waals surface area contributed by atoms with Crippen molar-refractivity contribution in [2.45, 2.75) is 13.5 Å². The Kier molecular flexibility index (Phi) is 1.72. The Hall–Kier alpha value is -0.990. The summed E-state index contributed by atoms with van der Waals surface area (Å²) in [6.07, 6.45) is 3.70. The maximum Gasteiger partial charge on any atom is 0.324 e. The number of aromatic nitrogens is 2. The molecule has 0 fully saturated rings. The smallest absolute Gasteiger partial charge is 0.324 e. The largest absolute Gasteiger partial charge is 0.463 e. The van der Waals surface area contributed by atoms with Gasteiger partial charge in [0.25, 0.3) is 0 Å². The van der Waals surface area contributed by atoms with E-state index in [4.69, 9.17) is 4.74 Å². The average molecular weight is 127 g/mol. The lowest BCUT2D eigenvalue weighted by atomic mass is 10.7. The van der Waals surface area contributed by atoms with E-state index < -0.39 is 0 Å². The summed E-state index contributed by atoms with van der Waals surface area (Å²) in [7, 11) is 1.66. The van der Waals surface area contributed by atoms with Crippen LogP contribution in [0.25, 0.3) is 0 Å². The van der Waals surface area contributed by atoms with Gasteiger partial charge in [0, 0.05) is 0 Å². The molecule has 1 heterocycles. The highest BCUT2D eigenvalue weighted by atomic mass is 16.5. The Morgan fingerprint density at radius 2 is 2.56 bits per heavy atom. The highest BCUT2D eigenvalue weighted by molar-refractivity contribution is 4.91. The molecule has 0 aliphatic carbocycles. The summed E-state index contributed by atoms with van der Waals surface area (Å²) in [5.41, 5.74) is 0. The molecule has 0 unspecified atom stereocenters. The number of hydrogen-bond donors (Lipinski definition) is 1. The lowest BCUT2D eigenvalue weighted by Gasteiger charge is -1.92. The van der Waals surface area contributed by atoms with Gasteiger partial charge in [-0.15, -0.1) is 0 Å². The minimum atomic E-state index is 0.873. The molecule has 0 bridgehead atoms. The van der Waals surface area contributed by atoms with Crippen LogP contribution in [0, 0.1) is 0 Å². The second kappa shape index (κ2) is 2.53. The molecule has 3 nitrogen and oxygen atoms in total. The summed E-state index contributed by atoms with van der Waals surface area (Å²) in [4.78, 5) is 2.94. The first-order chi connectivity index (χ1) is 4.38. The zero-order chi connectivity index (χ0) is 6.69. The van der Waals surface area contributed by atoms with E-state index in [9.17, 15) is 0 Å². The lowest BCUT2D eigenvalue weighted by Crippen LogP contribution is -2.30. The van der Waals surface area contributed by atoms with Crippen molar-refractivity contribution in [3.63, 3.8) is 0 Å². The molecule has 3 heteroatoms. The van der Waals surface area contributed by atoms with Gasteiger partial charge in [-0.2, -0.15) is 0 Å². The number of imidazole rings is 1. The maximum atomic E-state index is 5.01. The van der Waals surface area contributed by atoms with Crippen LogP contribution in [0.4, 0.5) is 0 Å². The van der Waals surface area contributed by atoms with Crippen LogP contribution in [-0.2, 0) is 6.54 Å². The first-order valence-corrected chi connectivity index (χ1v) is 2.98. The number of ether oxygens (including phenoxy) is 1. The van der Waals surface area contributed by atoms with Gasteiger partial charge in [0.1, 0.15) is 0 Å². The molecular weight excluding hydrogens is 116 g/mol. The van der Waals surface area contributed by atoms with Gasteiger partial charge in [-0.1, -0.05) is 0 Å². The Bertz CT molecular complexity index is 164. The molecule has 0 saturated heterocycles. The molecule has 1 rings (SSSR count). The van der Waals surface area contributed by atoms with Gasteiger partial charge in [0.15, 0.2) is 6.20 Å². The van der Waals surface area contributed by atoms with Crippen LogP contribution in [0.1, 0.15) is 6.92 Å². The molecule has 0 aromatic carbocycles. The van der Waals surface area contributed by atoms with E-state index in [1.807, 2.05) is 17.1 Å². The standard InChI is InChI=1S/C6H10N2O/c1-3-8-5-7-4-6(8)9-2/h4-5H,3H2,1-2H3/p+1. The Morgan fingerprint density at radius 3 is 3.00 bits per heavy atom. The number of aromatic amines is 1. The number of nitrogens with zero attached hydrogens (tertiary/aromatic N) is 1. The zero-order valence-electron chi connectivity index (χ0n) is 5.72. The van der Waals surface area contributed by atoms with E-state index in [2.05, 4.69) is 11.9 Å². The molecular formula is C6H11N2O+. The van der Waals surface area contributed by atoms with E-state index in [0.29, 0.717) is 0 Å². The van der Waals surface area contributed by atoms with Gasteiger partial charge in [-0.3, -0.25) is 0 Å². The molecule has 0 atom stereocenters. The summed E-state index contributed by atoms with van der Waals surface area (Å²) in [5.74, 6) is 0.873. The third kappa shape index (κ3) is 1.04. The van der Waals surface area contributed by atoms with Crippen LogP contribution in [0.3, 0.4) is 0 Å². The molecule has 50 valence electrons. The van der Waals surface area contributed by atoms with Crippen molar-refractivity contribution in [2.24, 2.45) is 0 Å². The molecule has 0 radical (unpaired) electrons. The van der Waals surface area contributed by atoms with Gasteiger partial charge in [-0.05, 0) is 6.92 Å². The van der Waals surface area contributed by atoms with Crippen molar-refractivity contribution in [1.29, 1.82) is 0 Å². The van der Waals surface area contributed by atoms with E-state index >= 15 is 0 Å². The van der Waals surface area contributed by atoms with Gasteiger partial charge in [0.05, 0.1) is 13.7 Å². The number of hydrogen-bond acceptors (Lipinski definition) is 1. The van der Waals surface area contributed by atoms with Crippen molar-refractivity contribution in [3.05, 3.63) is 12.5 Å². The maximum absolute atomic E-state index is 5.01. The predicted molar refractivity (Wildman–Crippen MR) is 33.2 cm³/mol. The van der Waals surface area contributed by atoms with Crippen molar-refractivity contribution in [1.82, 2.24) is 4.98 Å². The van der Waals surface area contributed by atoms with Crippen molar-refractivity contribution < 1.29 is 9.30 Å². The van der Waals surface area contributed by atoms with Crippen LogP contribution in [0.2, 0.25) is 0 Å². The van der Waals surface area contributed by atoms with Crippen molar-refractivity contribution in [2.75, 3.05) is 7.11 Å². The molecule has 0 saturated carbocycles. The highest BCUT2D eigenvalue weighted by Gasteiger charge is 2.03. The van der Waals surface area contributed by atoms with E-state index in [1.165, 1.54) is 0 Å². The quantitative estimate of drug-likeness (QED) is 0.570. The molecule has 0 amide bonds. The summed E-state index contributed by atoms with van der Waals surface area (Å²) in [5, 5.41) is 0. The summed E-state index contributed by atoms with van der Waals surface area (Å²) in [6.45, 7) is 3.00. The topological polar surface area (TPSA) is 28.9 Å². The predicted octanol–water partition coefficient (Wildman–Crippen LogP) is 0.331. The monoisotopic (exact) mass is 127 g/mol. The second-order valence-corrected chi connectivity index (χ2v) is 1.77. The van der Waals surface area contributed by atoms with Gasteiger partial charge in [-0.25, -0.2) is 9.55 Å². The lowest BCUT2D eigenvalue weighted by molar-refractivity contribution is -0.696. The molecule has 1 aromatic rings. The first kappa shape index (κ1) is 6.13. The van der Waals surface area contributed by atoms with Crippen LogP contribution < -0.4 is 9.30 Å². The van der Waals surface area contributed by atoms with Gasteiger partial charge >= 0.3 is 5.88 Å². The average Bonchev–Trinajstić information content (AvgIpc) is 2.33. The fourth-order valence-corrected chi connectivity index (χ4v) is 0.768.